The topological polar surface area (TPSA) is 57.4 Å². The van der Waals surface area contributed by atoms with Crippen LogP contribution in [0.5, 0.6) is 0 Å². The van der Waals surface area contributed by atoms with Crippen LogP contribution >= 0.6 is 34.9 Å². The molecular weight excluding hydrogens is 260 g/mol. The van der Waals surface area contributed by atoms with Gasteiger partial charge < -0.3 is 0 Å². The first-order chi connectivity index (χ1) is 7.83. The molecule has 0 spiro atoms. The minimum atomic E-state index is 0.445. The van der Waals surface area contributed by atoms with Crippen LogP contribution in [0.4, 0.5) is 0 Å². The Balaban J connectivity index is 2.03. The van der Waals surface area contributed by atoms with E-state index in [1.807, 2.05) is 16.8 Å². The lowest BCUT2D eigenvalue weighted by Crippen LogP contribution is -1.80. The fraction of sp³-hybridized carbons (Fsp3) is 0. The van der Waals surface area contributed by atoms with Gasteiger partial charge in [-0.2, -0.15) is 4.98 Å². The molecule has 0 fully saturated rings. The monoisotopic (exact) mass is 266 g/mol. The maximum Gasteiger partial charge on any atom is 0.213 e. The lowest BCUT2D eigenvalue weighted by Gasteiger charge is -1.87. The zero-order chi connectivity index (χ0) is 11.0. The lowest BCUT2D eigenvalue weighted by molar-refractivity contribution is 1.08. The molecule has 80 valence electrons. The fourth-order valence-electron chi connectivity index (χ4n) is 1.29. The zero-order valence-corrected chi connectivity index (χ0v) is 10.4. The van der Waals surface area contributed by atoms with E-state index in [0.29, 0.717) is 10.6 Å². The van der Waals surface area contributed by atoms with Crippen molar-refractivity contribution in [3.05, 3.63) is 27.7 Å². The quantitative estimate of drug-likeness (QED) is 0.700. The number of aromatic nitrogens is 4. The van der Waals surface area contributed by atoms with E-state index in [4.69, 9.17) is 12.2 Å². The third kappa shape index (κ3) is 1.73. The molecule has 0 aliphatic rings. The number of nitrogens with zero attached hydrogens (tertiary/aromatic N) is 2. The lowest BCUT2D eigenvalue weighted by atomic mass is 10.4. The minimum absolute atomic E-state index is 0.445. The Labute approximate surface area is 104 Å². The van der Waals surface area contributed by atoms with Gasteiger partial charge in [-0.25, -0.2) is 4.98 Å². The van der Waals surface area contributed by atoms with Crippen molar-refractivity contribution in [3.63, 3.8) is 0 Å². The molecule has 0 bridgehead atoms. The van der Waals surface area contributed by atoms with Gasteiger partial charge in [-0.1, -0.05) is 6.07 Å². The smallest absolute Gasteiger partial charge is 0.213 e. The van der Waals surface area contributed by atoms with Crippen LogP contribution in [0.25, 0.3) is 21.4 Å². The second-order valence-corrected chi connectivity index (χ2v) is 5.22. The largest absolute Gasteiger partial charge is 0.280 e. The number of thiophene rings is 1. The molecule has 0 saturated heterocycles. The van der Waals surface area contributed by atoms with Crippen LogP contribution in [-0.4, -0.2) is 20.2 Å². The second kappa shape index (κ2) is 3.93. The van der Waals surface area contributed by atoms with Crippen molar-refractivity contribution < 1.29 is 0 Å². The fourth-order valence-corrected chi connectivity index (χ4v) is 3.05. The van der Waals surface area contributed by atoms with Crippen LogP contribution < -0.4 is 0 Å². The molecule has 3 aromatic heterocycles. The summed E-state index contributed by atoms with van der Waals surface area (Å²) in [5.41, 5.74) is 0.820. The Morgan fingerprint density at radius 3 is 2.81 bits per heavy atom. The molecule has 0 radical (unpaired) electrons. The molecule has 3 heterocycles. The molecule has 7 heteroatoms. The van der Waals surface area contributed by atoms with Gasteiger partial charge >= 0.3 is 0 Å². The highest BCUT2D eigenvalue weighted by Gasteiger charge is 2.09. The molecular formula is C9H6N4S3. The van der Waals surface area contributed by atoms with E-state index in [2.05, 4.69) is 26.2 Å². The molecule has 3 aromatic rings. The maximum absolute atomic E-state index is 4.90. The Hall–Kier alpha value is -1.31. The summed E-state index contributed by atoms with van der Waals surface area (Å²) in [5, 5.41) is 10.7. The van der Waals surface area contributed by atoms with Crippen LogP contribution in [0, 0.1) is 4.77 Å². The van der Waals surface area contributed by atoms with Gasteiger partial charge in [0.1, 0.15) is 10.7 Å². The zero-order valence-electron chi connectivity index (χ0n) is 7.93. The summed E-state index contributed by atoms with van der Waals surface area (Å²) in [6.45, 7) is 0. The molecule has 3 rings (SSSR count). The molecule has 0 atom stereocenters. The van der Waals surface area contributed by atoms with E-state index in [9.17, 15) is 0 Å². The summed E-state index contributed by atoms with van der Waals surface area (Å²) in [6.07, 6.45) is 0. The third-order valence-electron chi connectivity index (χ3n) is 1.98. The molecule has 0 unspecified atom stereocenters. The predicted molar refractivity (Wildman–Crippen MR) is 68.2 cm³/mol. The highest BCUT2D eigenvalue weighted by Crippen LogP contribution is 2.30. The first kappa shape index (κ1) is 9.88. The molecule has 2 N–H and O–H groups in total. The summed E-state index contributed by atoms with van der Waals surface area (Å²) >= 11 is 8.18. The molecule has 0 saturated carbocycles. The van der Waals surface area contributed by atoms with E-state index in [-0.39, 0.29) is 0 Å². The molecule has 16 heavy (non-hydrogen) atoms. The molecule has 0 aliphatic carbocycles. The Bertz CT molecular complexity index is 646. The third-order valence-corrected chi connectivity index (χ3v) is 4.05. The Morgan fingerprint density at radius 2 is 2.12 bits per heavy atom. The van der Waals surface area contributed by atoms with Gasteiger partial charge in [0.25, 0.3) is 0 Å². The van der Waals surface area contributed by atoms with E-state index >= 15 is 0 Å². The number of aromatic amines is 2. The highest BCUT2D eigenvalue weighted by atomic mass is 32.1. The number of H-pyrrole nitrogens is 2. The van der Waals surface area contributed by atoms with Gasteiger partial charge in [-0.05, 0) is 23.7 Å². The number of nitrogens with one attached hydrogen (secondary N) is 2. The first-order valence-corrected chi connectivity index (χ1v) is 6.64. The minimum Gasteiger partial charge on any atom is -0.280 e. The van der Waals surface area contributed by atoms with Crippen molar-refractivity contribution in [3.8, 4) is 21.4 Å². The highest BCUT2D eigenvalue weighted by molar-refractivity contribution is 7.71. The SMILES string of the molecule is S=c1nc(-c2csc(-c3cccs3)n2)[nH][nH]1. The number of rotatable bonds is 2. The van der Waals surface area contributed by atoms with Crippen molar-refractivity contribution >= 4 is 34.9 Å². The average molecular weight is 266 g/mol. The van der Waals surface area contributed by atoms with Gasteiger partial charge in [0, 0.05) is 5.38 Å². The maximum atomic E-state index is 4.90. The van der Waals surface area contributed by atoms with Gasteiger partial charge in [0.2, 0.25) is 4.77 Å². The first-order valence-electron chi connectivity index (χ1n) is 4.47. The molecule has 4 nitrogen and oxygen atoms in total. The summed E-state index contributed by atoms with van der Waals surface area (Å²) in [4.78, 5) is 9.80. The van der Waals surface area contributed by atoms with Crippen LogP contribution in [0.1, 0.15) is 0 Å². The van der Waals surface area contributed by atoms with Crippen LogP contribution in [0.2, 0.25) is 0 Å². The summed E-state index contributed by atoms with van der Waals surface area (Å²) in [7, 11) is 0. The number of hydrogen-bond donors (Lipinski definition) is 2. The predicted octanol–water partition coefficient (Wildman–Crippen LogP) is 3.32. The Morgan fingerprint density at radius 1 is 1.19 bits per heavy atom. The van der Waals surface area contributed by atoms with Crippen LogP contribution in [0.3, 0.4) is 0 Å². The second-order valence-electron chi connectivity index (χ2n) is 3.03. The standard InChI is InChI=1S/C9H6N4S3/c14-9-11-7(12-13-9)5-4-16-8(10-5)6-2-1-3-15-6/h1-4H,(H2,11,12,13,14). The van der Waals surface area contributed by atoms with Crippen molar-refractivity contribution in [2.75, 3.05) is 0 Å². The number of hydrogen-bond acceptors (Lipinski definition) is 5. The molecule has 0 amide bonds. The molecule has 0 aromatic carbocycles. The van der Waals surface area contributed by atoms with Crippen molar-refractivity contribution in [1.82, 2.24) is 20.2 Å². The van der Waals surface area contributed by atoms with Crippen LogP contribution in [0.15, 0.2) is 22.9 Å². The van der Waals surface area contributed by atoms with Crippen molar-refractivity contribution in [1.29, 1.82) is 0 Å². The summed E-state index contributed by atoms with van der Waals surface area (Å²) in [6, 6.07) is 4.07. The van der Waals surface area contributed by atoms with Crippen molar-refractivity contribution in [2.45, 2.75) is 0 Å². The van der Waals surface area contributed by atoms with Gasteiger partial charge in [0.05, 0.1) is 4.88 Å². The van der Waals surface area contributed by atoms with Crippen molar-refractivity contribution in [2.24, 2.45) is 0 Å². The number of thiazole rings is 1. The van der Waals surface area contributed by atoms with E-state index in [1.54, 1.807) is 22.7 Å². The van der Waals surface area contributed by atoms with Gasteiger partial charge in [-0.15, -0.1) is 22.7 Å². The van der Waals surface area contributed by atoms with E-state index in [1.165, 1.54) is 4.88 Å². The average Bonchev–Trinajstić information content (AvgIpc) is 2.97. The van der Waals surface area contributed by atoms with Gasteiger partial charge in [0.15, 0.2) is 5.82 Å². The van der Waals surface area contributed by atoms with E-state index in [0.717, 1.165) is 10.7 Å². The molecule has 0 aliphatic heterocycles. The Kier molecular flexibility index (Phi) is 2.43. The van der Waals surface area contributed by atoms with Gasteiger partial charge in [-0.3, -0.25) is 10.2 Å². The van der Waals surface area contributed by atoms with E-state index < -0.39 is 0 Å². The summed E-state index contributed by atoms with van der Waals surface area (Å²) in [5.74, 6) is 0.684. The van der Waals surface area contributed by atoms with Crippen LogP contribution in [-0.2, 0) is 0 Å². The summed E-state index contributed by atoms with van der Waals surface area (Å²) < 4.78 is 0.445. The normalized spacial score (nSPS) is 10.8.